The van der Waals surface area contributed by atoms with Crippen molar-refractivity contribution in [1.29, 1.82) is 0 Å². The fourth-order valence-electron chi connectivity index (χ4n) is 1.54. The number of rotatable bonds is 3. The van der Waals surface area contributed by atoms with Crippen molar-refractivity contribution in [1.82, 2.24) is 9.97 Å². The van der Waals surface area contributed by atoms with Crippen LogP contribution in [0.2, 0.25) is 0 Å². The maximum absolute atomic E-state index is 5.74. The van der Waals surface area contributed by atoms with E-state index in [-0.39, 0.29) is 0 Å². The van der Waals surface area contributed by atoms with Crippen molar-refractivity contribution in [2.75, 3.05) is 30.0 Å². The highest BCUT2D eigenvalue weighted by atomic mass is 15.1. The van der Waals surface area contributed by atoms with Gasteiger partial charge in [0.25, 0.3) is 0 Å². The molecule has 0 spiro atoms. The highest BCUT2D eigenvalue weighted by Crippen LogP contribution is 2.27. The Balaban J connectivity index is 2.34. The number of anilines is 4. The average molecular weight is 229 g/mol. The van der Waals surface area contributed by atoms with Crippen LogP contribution in [0.5, 0.6) is 0 Å². The van der Waals surface area contributed by atoms with Gasteiger partial charge < -0.3 is 16.0 Å². The van der Waals surface area contributed by atoms with Crippen molar-refractivity contribution in [3.63, 3.8) is 0 Å². The summed E-state index contributed by atoms with van der Waals surface area (Å²) < 4.78 is 0. The molecule has 0 unspecified atom stereocenters. The van der Waals surface area contributed by atoms with Gasteiger partial charge in [-0.1, -0.05) is 12.1 Å². The molecule has 1 aromatic carbocycles. The molecule has 0 saturated carbocycles. The molecule has 2 rings (SSSR count). The van der Waals surface area contributed by atoms with E-state index in [0.717, 1.165) is 11.4 Å². The lowest BCUT2D eigenvalue weighted by molar-refractivity contribution is 1.13. The first-order chi connectivity index (χ1) is 8.18. The summed E-state index contributed by atoms with van der Waals surface area (Å²) in [5, 5.41) is 3.18. The third-order valence-corrected chi connectivity index (χ3v) is 2.37. The Morgan fingerprint density at radius 2 is 1.82 bits per heavy atom. The minimum atomic E-state index is 0.390. The van der Waals surface area contributed by atoms with Gasteiger partial charge in [0.1, 0.15) is 0 Å². The third-order valence-electron chi connectivity index (χ3n) is 2.37. The van der Waals surface area contributed by atoms with Crippen LogP contribution in [0.1, 0.15) is 0 Å². The number of hydrogen-bond donors (Lipinski definition) is 2. The van der Waals surface area contributed by atoms with E-state index in [1.165, 1.54) is 0 Å². The van der Waals surface area contributed by atoms with Gasteiger partial charge in [0.2, 0.25) is 0 Å². The molecule has 0 aliphatic heterocycles. The van der Waals surface area contributed by atoms with E-state index in [2.05, 4.69) is 15.3 Å². The number of para-hydroxylation sites is 2. The minimum Gasteiger partial charge on any atom is -0.381 e. The molecule has 0 fully saturated rings. The zero-order valence-corrected chi connectivity index (χ0v) is 9.88. The van der Waals surface area contributed by atoms with E-state index in [9.17, 15) is 0 Å². The molecule has 88 valence electrons. The second kappa shape index (κ2) is 4.69. The summed E-state index contributed by atoms with van der Waals surface area (Å²) in [6.45, 7) is 0. The van der Waals surface area contributed by atoms with Gasteiger partial charge in [0.05, 0.1) is 11.4 Å². The number of nitrogens with two attached hydrogens (primary N) is 1. The topological polar surface area (TPSA) is 67.1 Å². The largest absolute Gasteiger partial charge is 0.381 e. The Bertz CT molecular complexity index is 510. The lowest BCUT2D eigenvalue weighted by Crippen LogP contribution is -2.11. The second-order valence-electron chi connectivity index (χ2n) is 3.83. The predicted octanol–water partition coefficient (Wildman–Crippen LogP) is 1.87. The second-order valence-corrected chi connectivity index (χ2v) is 3.83. The van der Waals surface area contributed by atoms with Gasteiger partial charge in [-0.25, -0.2) is 9.97 Å². The van der Waals surface area contributed by atoms with E-state index >= 15 is 0 Å². The molecule has 17 heavy (non-hydrogen) atoms. The van der Waals surface area contributed by atoms with Crippen LogP contribution in [-0.4, -0.2) is 24.1 Å². The first-order valence-corrected chi connectivity index (χ1v) is 5.28. The van der Waals surface area contributed by atoms with E-state index in [1.54, 1.807) is 12.4 Å². The molecular formula is C12H15N5. The van der Waals surface area contributed by atoms with Crippen LogP contribution in [0.15, 0.2) is 36.7 Å². The van der Waals surface area contributed by atoms with E-state index < -0.39 is 0 Å². The van der Waals surface area contributed by atoms with Crippen molar-refractivity contribution in [3.05, 3.63) is 36.7 Å². The van der Waals surface area contributed by atoms with Crippen molar-refractivity contribution >= 4 is 23.0 Å². The van der Waals surface area contributed by atoms with Crippen LogP contribution in [0.4, 0.5) is 23.0 Å². The first-order valence-electron chi connectivity index (χ1n) is 5.28. The number of hydrogen-bond acceptors (Lipinski definition) is 5. The summed E-state index contributed by atoms with van der Waals surface area (Å²) >= 11 is 0. The quantitative estimate of drug-likeness (QED) is 0.841. The number of benzene rings is 1. The number of nitrogen functional groups attached to an aromatic ring is 1. The van der Waals surface area contributed by atoms with Crippen LogP contribution < -0.4 is 16.0 Å². The van der Waals surface area contributed by atoms with Crippen LogP contribution >= 0.6 is 0 Å². The molecule has 5 nitrogen and oxygen atoms in total. The van der Waals surface area contributed by atoms with E-state index in [4.69, 9.17) is 5.73 Å². The highest BCUT2D eigenvalue weighted by molar-refractivity contribution is 5.76. The standard InChI is InChI=1S/C12H15N5/c1-17(2)10-6-4-3-5-9(10)16-12-11(13)14-7-8-15-12/h3-8H,1-2H3,(H2,13,14)(H,15,16). The van der Waals surface area contributed by atoms with Crippen molar-refractivity contribution in [3.8, 4) is 0 Å². The molecule has 5 heteroatoms. The van der Waals surface area contributed by atoms with Gasteiger partial charge in [-0.3, -0.25) is 0 Å². The molecule has 0 atom stereocenters. The lowest BCUT2D eigenvalue weighted by Gasteiger charge is -2.18. The minimum absolute atomic E-state index is 0.390. The monoisotopic (exact) mass is 229 g/mol. The highest BCUT2D eigenvalue weighted by Gasteiger charge is 2.06. The molecule has 1 heterocycles. The van der Waals surface area contributed by atoms with Crippen LogP contribution in [0.25, 0.3) is 0 Å². The molecule has 0 amide bonds. The number of nitrogens with zero attached hydrogens (tertiary/aromatic N) is 3. The van der Waals surface area contributed by atoms with E-state index in [1.807, 2.05) is 43.3 Å². The summed E-state index contributed by atoms with van der Waals surface area (Å²) in [4.78, 5) is 10.2. The average Bonchev–Trinajstić information content (AvgIpc) is 2.32. The Morgan fingerprint density at radius 1 is 1.12 bits per heavy atom. The number of aromatic nitrogens is 2. The zero-order valence-electron chi connectivity index (χ0n) is 9.88. The molecule has 0 aliphatic rings. The lowest BCUT2D eigenvalue weighted by atomic mass is 10.2. The van der Waals surface area contributed by atoms with Gasteiger partial charge >= 0.3 is 0 Å². The summed E-state index contributed by atoms with van der Waals surface area (Å²) in [5.41, 5.74) is 7.76. The van der Waals surface area contributed by atoms with Gasteiger partial charge in [-0.15, -0.1) is 0 Å². The number of nitrogens with one attached hydrogen (secondary N) is 1. The van der Waals surface area contributed by atoms with Gasteiger partial charge in [-0.05, 0) is 12.1 Å². The predicted molar refractivity (Wildman–Crippen MR) is 70.5 cm³/mol. The maximum Gasteiger partial charge on any atom is 0.173 e. The maximum atomic E-state index is 5.74. The Labute approximate surface area is 100 Å². The van der Waals surface area contributed by atoms with Gasteiger partial charge in [0.15, 0.2) is 11.6 Å². The van der Waals surface area contributed by atoms with Gasteiger partial charge in [0, 0.05) is 26.5 Å². The third kappa shape index (κ3) is 2.44. The van der Waals surface area contributed by atoms with Crippen molar-refractivity contribution < 1.29 is 0 Å². The zero-order chi connectivity index (χ0) is 12.3. The van der Waals surface area contributed by atoms with E-state index in [0.29, 0.717) is 11.6 Å². The molecule has 0 saturated heterocycles. The molecule has 0 bridgehead atoms. The Morgan fingerprint density at radius 3 is 2.53 bits per heavy atom. The molecule has 0 radical (unpaired) electrons. The van der Waals surface area contributed by atoms with Crippen molar-refractivity contribution in [2.45, 2.75) is 0 Å². The molecule has 0 aliphatic carbocycles. The molecular weight excluding hydrogens is 214 g/mol. The van der Waals surface area contributed by atoms with Gasteiger partial charge in [-0.2, -0.15) is 0 Å². The molecule has 2 aromatic rings. The van der Waals surface area contributed by atoms with Crippen molar-refractivity contribution in [2.24, 2.45) is 0 Å². The summed E-state index contributed by atoms with van der Waals surface area (Å²) in [7, 11) is 3.97. The van der Waals surface area contributed by atoms with Crippen LogP contribution in [-0.2, 0) is 0 Å². The molecule has 1 aromatic heterocycles. The fraction of sp³-hybridized carbons (Fsp3) is 0.167. The Kier molecular flexibility index (Phi) is 3.09. The summed E-state index contributed by atoms with van der Waals surface area (Å²) in [5.74, 6) is 0.961. The smallest absolute Gasteiger partial charge is 0.173 e. The fourth-order valence-corrected chi connectivity index (χ4v) is 1.54. The van der Waals surface area contributed by atoms with Crippen LogP contribution in [0, 0.1) is 0 Å². The Hall–Kier alpha value is -2.30. The molecule has 3 N–H and O–H groups in total. The summed E-state index contributed by atoms with van der Waals surface area (Å²) in [6, 6.07) is 7.95. The van der Waals surface area contributed by atoms with Crippen LogP contribution in [0.3, 0.4) is 0 Å². The SMILES string of the molecule is CN(C)c1ccccc1Nc1nccnc1N. The first kappa shape index (κ1) is 11.2. The normalized spacial score (nSPS) is 10.0. The summed E-state index contributed by atoms with van der Waals surface area (Å²) in [6.07, 6.45) is 3.18.